The molecule has 0 aliphatic heterocycles. The zero-order valence-corrected chi connectivity index (χ0v) is 19.3. The minimum absolute atomic E-state index is 0.733. The SMILES string of the molecule is CCCCCCCc1ccc(CCc2ccc(OCCCCCC)c(Cl)c2)cc1. The maximum Gasteiger partial charge on any atom is 0.137 e. The Hall–Kier alpha value is -1.47. The van der Waals surface area contributed by atoms with E-state index in [1.165, 1.54) is 74.5 Å². The van der Waals surface area contributed by atoms with Gasteiger partial charge in [-0.05, 0) is 60.9 Å². The first-order valence-corrected chi connectivity index (χ1v) is 12.1. The minimum atomic E-state index is 0.733. The van der Waals surface area contributed by atoms with Crippen LogP contribution in [0, 0.1) is 0 Å². The Labute approximate surface area is 183 Å². The highest BCUT2D eigenvalue weighted by atomic mass is 35.5. The minimum Gasteiger partial charge on any atom is -0.492 e. The molecule has 0 fully saturated rings. The molecular weight excluding hydrogens is 376 g/mol. The fourth-order valence-corrected chi connectivity index (χ4v) is 3.88. The predicted octanol–water partition coefficient (Wildman–Crippen LogP) is 8.60. The van der Waals surface area contributed by atoms with E-state index in [1.807, 2.05) is 6.07 Å². The van der Waals surface area contributed by atoms with Crippen molar-refractivity contribution in [2.75, 3.05) is 6.61 Å². The van der Waals surface area contributed by atoms with Gasteiger partial charge >= 0.3 is 0 Å². The van der Waals surface area contributed by atoms with Crippen LogP contribution in [0.25, 0.3) is 0 Å². The van der Waals surface area contributed by atoms with E-state index in [0.717, 1.165) is 36.6 Å². The summed E-state index contributed by atoms with van der Waals surface area (Å²) in [6.07, 6.45) is 14.8. The summed E-state index contributed by atoms with van der Waals surface area (Å²) < 4.78 is 5.84. The van der Waals surface area contributed by atoms with Gasteiger partial charge in [-0.25, -0.2) is 0 Å². The molecule has 0 saturated heterocycles. The third-order valence-corrected chi connectivity index (χ3v) is 5.84. The van der Waals surface area contributed by atoms with Crippen molar-refractivity contribution in [2.24, 2.45) is 0 Å². The van der Waals surface area contributed by atoms with Crippen molar-refractivity contribution < 1.29 is 4.74 Å². The molecule has 0 aliphatic carbocycles. The van der Waals surface area contributed by atoms with Gasteiger partial charge in [0.25, 0.3) is 0 Å². The Kier molecular flexibility index (Phi) is 11.9. The Morgan fingerprint density at radius 1 is 0.621 bits per heavy atom. The lowest BCUT2D eigenvalue weighted by atomic mass is 10.0. The molecule has 0 radical (unpaired) electrons. The van der Waals surface area contributed by atoms with Crippen molar-refractivity contribution in [3.63, 3.8) is 0 Å². The van der Waals surface area contributed by atoms with Crippen LogP contribution in [-0.4, -0.2) is 6.61 Å². The van der Waals surface area contributed by atoms with Crippen molar-refractivity contribution >= 4 is 11.6 Å². The fraction of sp³-hybridized carbons (Fsp3) is 0.556. The first kappa shape index (κ1) is 23.8. The number of aryl methyl sites for hydroxylation is 3. The highest BCUT2D eigenvalue weighted by Gasteiger charge is 2.04. The van der Waals surface area contributed by atoms with Gasteiger partial charge < -0.3 is 4.74 Å². The highest BCUT2D eigenvalue weighted by molar-refractivity contribution is 6.32. The van der Waals surface area contributed by atoms with E-state index in [1.54, 1.807) is 0 Å². The first-order valence-electron chi connectivity index (χ1n) is 11.7. The second-order valence-corrected chi connectivity index (χ2v) is 8.56. The van der Waals surface area contributed by atoms with E-state index in [0.29, 0.717) is 0 Å². The zero-order valence-electron chi connectivity index (χ0n) is 18.5. The second-order valence-electron chi connectivity index (χ2n) is 8.15. The number of rotatable bonds is 15. The normalized spacial score (nSPS) is 11.0. The molecule has 0 heterocycles. The molecule has 0 saturated carbocycles. The van der Waals surface area contributed by atoms with E-state index >= 15 is 0 Å². The topological polar surface area (TPSA) is 9.23 Å². The van der Waals surface area contributed by atoms with E-state index in [-0.39, 0.29) is 0 Å². The summed E-state index contributed by atoms with van der Waals surface area (Å²) in [6, 6.07) is 15.4. The van der Waals surface area contributed by atoms with Crippen molar-refractivity contribution in [1.29, 1.82) is 0 Å². The van der Waals surface area contributed by atoms with Gasteiger partial charge in [0.05, 0.1) is 11.6 Å². The van der Waals surface area contributed by atoms with Crippen LogP contribution < -0.4 is 4.74 Å². The molecule has 2 heteroatoms. The van der Waals surface area contributed by atoms with Gasteiger partial charge in [-0.1, -0.05) is 101 Å². The van der Waals surface area contributed by atoms with Gasteiger partial charge in [0.2, 0.25) is 0 Å². The molecule has 0 bridgehead atoms. The predicted molar refractivity (Wildman–Crippen MR) is 127 cm³/mol. The largest absolute Gasteiger partial charge is 0.492 e. The van der Waals surface area contributed by atoms with Gasteiger partial charge in [-0.2, -0.15) is 0 Å². The Morgan fingerprint density at radius 3 is 1.83 bits per heavy atom. The Morgan fingerprint density at radius 2 is 1.17 bits per heavy atom. The number of unbranched alkanes of at least 4 members (excludes halogenated alkanes) is 7. The smallest absolute Gasteiger partial charge is 0.137 e. The molecule has 160 valence electrons. The third kappa shape index (κ3) is 9.72. The summed E-state index contributed by atoms with van der Waals surface area (Å²) in [5.74, 6) is 0.815. The quantitative estimate of drug-likeness (QED) is 0.265. The monoisotopic (exact) mass is 414 g/mol. The molecule has 0 atom stereocenters. The zero-order chi connectivity index (χ0) is 20.7. The number of hydrogen-bond acceptors (Lipinski definition) is 1. The molecule has 0 aliphatic rings. The van der Waals surface area contributed by atoms with E-state index in [2.05, 4.69) is 50.2 Å². The van der Waals surface area contributed by atoms with Crippen LogP contribution in [-0.2, 0) is 19.3 Å². The van der Waals surface area contributed by atoms with Crippen LogP contribution in [0.4, 0.5) is 0 Å². The van der Waals surface area contributed by atoms with Crippen molar-refractivity contribution in [3.05, 3.63) is 64.2 Å². The molecule has 1 nitrogen and oxygen atoms in total. The lowest BCUT2D eigenvalue weighted by Gasteiger charge is -2.10. The molecule has 0 amide bonds. The van der Waals surface area contributed by atoms with Crippen LogP contribution in [0.2, 0.25) is 5.02 Å². The Balaban J connectivity index is 1.72. The van der Waals surface area contributed by atoms with Crippen LogP contribution >= 0.6 is 11.6 Å². The average Bonchev–Trinajstić information content (AvgIpc) is 2.74. The van der Waals surface area contributed by atoms with Crippen molar-refractivity contribution in [2.45, 2.75) is 90.9 Å². The van der Waals surface area contributed by atoms with Gasteiger partial charge in [-0.15, -0.1) is 0 Å². The molecule has 0 aromatic heterocycles. The molecule has 29 heavy (non-hydrogen) atoms. The van der Waals surface area contributed by atoms with E-state index in [9.17, 15) is 0 Å². The average molecular weight is 415 g/mol. The lowest BCUT2D eigenvalue weighted by molar-refractivity contribution is 0.305. The van der Waals surface area contributed by atoms with Crippen LogP contribution in [0.3, 0.4) is 0 Å². The highest BCUT2D eigenvalue weighted by Crippen LogP contribution is 2.26. The van der Waals surface area contributed by atoms with Crippen molar-refractivity contribution in [3.8, 4) is 5.75 Å². The standard InChI is InChI=1S/C27H39ClO/c1-3-5-7-9-10-12-23-13-15-24(16-14-23)17-18-25-19-20-27(26(28)22-25)29-21-11-8-6-4-2/h13-16,19-20,22H,3-12,17-18,21H2,1-2H3. The number of ether oxygens (including phenoxy) is 1. The van der Waals surface area contributed by atoms with Crippen LogP contribution in [0.5, 0.6) is 5.75 Å². The van der Waals surface area contributed by atoms with Gasteiger partial charge in [0.15, 0.2) is 0 Å². The lowest BCUT2D eigenvalue weighted by Crippen LogP contribution is -1.99. The maximum absolute atomic E-state index is 6.43. The summed E-state index contributed by atoms with van der Waals surface area (Å²) in [7, 11) is 0. The van der Waals surface area contributed by atoms with E-state index < -0.39 is 0 Å². The Bertz CT molecular complexity index is 677. The molecule has 0 unspecified atom stereocenters. The molecule has 0 N–H and O–H groups in total. The number of halogens is 1. The van der Waals surface area contributed by atoms with Gasteiger partial charge in [0.1, 0.15) is 5.75 Å². The molecule has 2 aromatic rings. The molecule has 2 rings (SSSR count). The third-order valence-electron chi connectivity index (χ3n) is 5.55. The van der Waals surface area contributed by atoms with Crippen molar-refractivity contribution in [1.82, 2.24) is 0 Å². The van der Waals surface area contributed by atoms with Crippen LogP contribution in [0.15, 0.2) is 42.5 Å². The summed E-state index contributed by atoms with van der Waals surface area (Å²) in [5.41, 5.74) is 4.13. The summed E-state index contributed by atoms with van der Waals surface area (Å²) in [5, 5.41) is 0.733. The fourth-order valence-electron chi connectivity index (χ4n) is 3.62. The molecular formula is C27H39ClO. The number of benzene rings is 2. The maximum atomic E-state index is 6.43. The summed E-state index contributed by atoms with van der Waals surface area (Å²) >= 11 is 6.43. The summed E-state index contributed by atoms with van der Waals surface area (Å²) in [4.78, 5) is 0. The molecule has 2 aromatic carbocycles. The first-order chi connectivity index (χ1) is 14.2. The van der Waals surface area contributed by atoms with Gasteiger partial charge in [0, 0.05) is 0 Å². The second kappa shape index (κ2) is 14.5. The van der Waals surface area contributed by atoms with Gasteiger partial charge in [-0.3, -0.25) is 0 Å². The molecule has 0 spiro atoms. The van der Waals surface area contributed by atoms with Crippen LogP contribution in [0.1, 0.15) is 88.3 Å². The van der Waals surface area contributed by atoms with E-state index in [4.69, 9.17) is 16.3 Å². The number of hydrogen-bond donors (Lipinski definition) is 0. The summed E-state index contributed by atoms with van der Waals surface area (Å²) in [6.45, 7) is 5.24.